The van der Waals surface area contributed by atoms with Gasteiger partial charge in [-0.2, -0.15) is 0 Å². The normalized spacial score (nSPS) is 18.8. The van der Waals surface area contributed by atoms with E-state index in [2.05, 4.69) is 63.4 Å². The highest BCUT2D eigenvalue weighted by Gasteiger charge is 2.34. The van der Waals surface area contributed by atoms with Crippen LogP contribution in [0.1, 0.15) is 46.1 Å². The molecule has 0 bridgehead atoms. The molecule has 0 radical (unpaired) electrons. The standard InChI is InChI=1S/C29H32N6O2/c1-18-9-12-35-24(16-31-26(35)14-18)19-4-6-23(27-20(19)15-32-28(27)36)34-25-7-5-21(22(33-25)8-11-30-3)29(2)10-13-37-17-29/h4-7,9,12,14,16,30H,8,10-11,13,15,17H2,1-3H3,(H,32,36)(H,33,34)/t29-/m0/s1. The molecule has 1 amide bonds. The topological polar surface area (TPSA) is 92.6 Å². The number of benzene rings is 1. The maximum absolute atomic E-state index is 13.0. The Hall–Kier alpha value is -3.75. The average molecular weight is 497 g/mol. The molecule has 4 aromatic rings. The predicted molar refractivity (Wildman–Crippen MR) is 144 cm³/mol. The maximum Gasteiger partial charge on any atom is 0.254 e. The summed E-state index contributed by atoms with van der Waals surface area (Å²) in [5, 5.41) is 9.70. The van der Waals surface area contributed by atoms with Crippen LogP contribution in [0.15, 0.2) is 48.8 Å². The minimum Gasteiger partial charge on any atom is -0.380 e. The van der Waals surface area contributed by atoms with Crippen LogP contribution in [-0.4, -0.2) is 47.1 Å². The van der Waals surface area contributed by atoms with Crippen molar-refractivity contribution in [2.75, 3.05) is 32.1 Å². The van der Waals surface area contributed by atoms with Gasteiger partial charge in [0.2, 0.25) is 0 Å². The zero-order valence-corrected chi connectivity index (χ0v) is 21.5. The molecule has 1 fully saturated rings. The molecule has 2 aliphatic heterocycles. The molecule has 0 aliphatic carbocycles. The van der Waals surface area contributed by atoms with Crippen molar-refractivity contribution >= 4 is 23.1 Å². The molecule has 190 valence electrons. The Bertz CT molecular complexity index is 1500. The summed E-state index contributed by atoms with van der Waals surface area (Å²) in [6.07, 6.45) is 5.72. The molecule has 1 atom stereocenters. The number of aryl methyl sites for hydroxylation is 1. The van der Waals surface area contributed by atoms with Crippen molar-refractivity contribution in [1.29, 1.82) is 0 Å². The van der Waals surface area contributed by atoms with Crippen LogP contribution >= 0.6 is 0 Å². The Labute approximate surface area is 216 Å². The summed E-state index contributed by atoms with van der Waals surface area (Å²) >= 11 is 0. The lowest BCUT2D eigenvalue weighted by Gasteiger charge is -2.25. The van der Waals surface area contributed by atoms with E-state index >= 15 is 0 Å². The number of nitrogens with one attached hydrogen (secondary N) is 3. The second kappa shape index (κ2) is 9.28. The number of anilines is 2. The first-order valence-electron chi connectivity index (χ1n) is 12.8. The van der Waals surface area contributed by atoms with E-state index in [-0.39, 0.29) is 11.3 Å². The largest absolute Gasteiger partial charge is 0.380 e. The number of ether oxygens (including phenoxy) is 1. The first kappa shape index (κ1) is 23.6. The highest BCUT2D eigenvalue weighted by molar-refractivity contribution is 6.06. The summed E-state index contributed by atoms with van der Waals surface area (Å²) in [6, 6.07) is 12.4. The highest BCUT2D eigenvalue weighted by atomic mass is 16.5. The minimum absolute atomic E-state index is 0.0239. The van der Waals surface area contributed by atoms with E-state index in [1.807, 2.05) is 31.6 Å². The Morgan fingerprint density at radius 2 is 2.11 bits per heavy atom. The van der Waals surface area contributed by atoms with Crippen molar-refractivity contribution in [3.8, 4) is 11.3 Å². The van der Waals surface area contributed by atoms with Gasteiger partial charge in [0, 0.05) is 49.0 Å². The van der Waals surface area contributed by atoms with Crippen LogP contribution in [0.4, 0.5) is 11.5 Å². The van der Waals surface area contributed by atoms with Gasteiger partial charge in [-0.05, 0) is 61.3 Å². The predicted octanol–water partition coefficient (Wildman–Crippen LogP) is 4.13. The van der Waals surface area contributed by atoms with Crippen LogP contribution in [0.25, 0.3) is 16.9 Å². The van der Waals surface area contributed by atoms with E-state index in [1.54, 1.807) is 0 Å². The number of pyridine rings is 2. The second-order valence-corrected chi connectivity index (χ2v) is 10.3. The highest BCUT2D eigenvalue weighted by Crippen LogP contribution is 2.37. The molecule has 2 aliphatic rings. The molecular formula is C29H32N6O2. The molecule has 0 saturated carbocycles. The van der Waals surface area contributed by atoms with Crippen LogP contribution in [0.5, 0.6) is 0 Å². The Balaban J connectivity index is 1.38. The number of aromatic nitrogens is 3. The molecule has 5 heterocycles. The Kier molecular flexibility index (Phi) is 5.93. The van der Waals surface area contributed by atoms with Crippen LogP contribution < -0.4 is 16.0 Å². The molecule has 8 heteroatoms. The zero-order valence-electron chi connectivity index (χ0n) is 21.5. The lowest BCUT2D eigenvalue weighted by atomic mass is 9.80. The fourth-order valence-corrected chi connectivity index (χ4v) is 5.55. The van der Waals surface area contributed by atoms with Crippen molar-refractivity contribution in [3.63, 3.8) is 0 Å². The molecule has 0 spiro atoms. The monoisotopic (exact) mass is 496 g/mol. The van der Waals surface area contributed by atoms with Gasteiger partial charge in [0.1, 0.15) is 11.5 Å². The molecule has 37 heavy (non-hydrogen) atoms. The van der Waals surface area contributed by atoms with Gasteiger partial charge in [0.15, 0.2) is 0 Å². The summed E-state index contributed by atoms with van der Waals surface area (Å²) in [5.41, 5.74) is 8.70. The third-order valence-electron chi connectivity index (χ3n) is 7.63. The third-order valence-corrected chi connectivity index (χ3v) is 7.63. The van der Waals surface area contributed by atoms with E-state index in [4.69, 9.17) is 9.72 Å². The number of rotatable bonds is 7. The Morgan fingerprint density at radius 3 is 2.92 bits per heavy atom. The minimum atomic E-state index is -0.0772. The third kappa shape index (κ3) is 4.16. The fourth-order valence-electron chi connectivity index (χ4n) is 5.55. The molecule has 8 nitrogen and oxygen atoms in total. The van der Waals surface area contributed by atoms with Gasteiger partial charge in [0.25, 0.3) is 5.91 Å². The summed E-state index contributed by atoms with van der Waals surface area (Å²) in [6.45, 7) is 7.13. The fraction of sp³-hybridized carbons (Fsp3) is 0.345. The van der Waals surface area contributed by atoms with Gasteiger partial charge in [-0.3, -0.25) is 9.20 Å². The number of nitrogens with zero attached hydrogens (tertiary/aromatic N) is 3. The number of hydrogen-bond acceptors (Lipinski definition) is 6. The lowest BCUT2D eigenvalue weighted by Crippen LogP contribution is -2.25. The van der Waals surface area contributed by atoms with Gasteiger partial charge in [-0.25, -0.2) is 9.97 Å². The maximum atomic E-state index is 13.0. The van der Waals surface area contributed by atoms with Crippen molar-refractivity contribution in [2.45, 2.75) is 38.6 Å². The van der Waals surface area contributed by atoms with Gasteiger partial charge < -0.3 is 20.7 Å². The van der Waals surface area contributed by atoms with Gasteiger partial charge in [0.05, 0.1) is 29.7 Å². The number of likely N-dealkylation sites (N-methyl/N-ethyl adjacent to an activating group) is 1. The molecule has 1 saturated heterocycles. The summed E-state index contributed by atoms with van der Waals surface area (Å²) in [7, 11) is 1.95. The first-order valence-corrected chi connectivity index (χ1v) is 12.8. The van der Waals surface area contributed by atoms with E-state index in [0.29, 0.717) is 18.7 Å². The van der Waals surface area contributed by atoms with Crippen molar-refractivity contribution < 1.29 is 9.53 Å². The summed E-state index contributed by atoms with van der Waals surface area (Å²) in [5.74, 6) is 0.656. The quantitative estimate of drug-likeness (QED) is 0.356. The zero-order chi connectivity index (χ0) is 25.6. The molecule has 1 aromatic carbocycles. The SMILES string of the molecule is CNCCc1nc(Nc2ccc(-c3cnc4cc(C)ccn34)c3c2C(=O)NC3)ccc1[C@@]1(C)CCOC1. The second-order valence-electron chi connectivity index (χ2n) is 10.3. The number of fused-ring (bicyclic) bond motifs is 2. The van der Waals surface area contributed by atoms with Crippen LogP contribution in [0.3, 0.4) is 0 Å². The first-order chi connectivity index (χ1) is 18.0. The molecular weight excluding hydrogens is 464 g/mol. The van der Waals surface area contributed by atoms with Crippen molar-refractivity contribution in [3.05, 3.63) is 76.7 Å². The van der Waals surface area contributed by atoms with Gasteiger partial charge in [-0.15, -0.1) is 0 Å². The molecule has 6 rings (SSSR count). The number of hydrogen-bond donors (Lipinski definition) is 3. The smallest absolute Gasteiger partial charge is 0.254 e. The van der Waals surface area contributed by atoms with Crippen LogP contribution in [0, 0.1) is 6.92 Å². The van der Waals surface area contributed by atoms with Crippen molar-refractivity contribution in [1.82, 2.24) is 25.0 Å². The van der Waals surface area contributed by atoms with E-state index in [1.165, 1.54) is 5.56 Å². The van der Waals surface area contributed by atoms with E-state index < -0.39 is 0 Å². The number of amides is 1. The number of carbonyl (C=O) groups is 1. The van der Waals surface area contributed by atoms with E-state index in [0.717, 1.165) is 71.2 Å². The Morgan fingerprint density at radius 1 is 1.22 bits per heavy atom. The number of carbonyl (C=O) groups excluding carboxylic acids is 1. The lowest BCUT2D eigenvalue weighted by molar-refractivity contribution is 0.0966. The average Bonchev–Trinajstić information content (AvgIpc) is 3.62. The van der Waals surface area contributed by atoms with Crippen LogP contribution in [-0.2, 0) is 23.1 Å². The molecule has 3 aromatic heterocycles. The molecule has 0 unspecified atom stereocenters. The van der Waals surface area contributed by atoms with E-state index in [9.17, 15) is 4.79 Å². The van der Waals surface area contributed by atoms with Crippen LogP contribution in [0.2, 0.25) is 0 Å². The van der Waals surface area contributed by atoms with Gasteiger partial charge in [-0.1, -0.05) is 19.1 Å². The van der Waals surface area contributed by atoms with Gasteiger partial charge >= 0.3 is 0 Å². The molecule has 3 N–H and O–H groups in total. The summed E-state index contributed by atoms with van der Waals surface area (Å²) < 4.78 is 7.80. The van der Waals surface area contributed by atoms with Crippen molar-refractivity contribution in [2.24, 2.45) is 0 Å². The summed E-state index contributed by atoms with van der Waals surface area (Å²) in [4.78, 5) is 22.6. The number of imidazole rings is 1.